The Bertz CT molecular complexity index is 916. The number of nitrogens with zero attached hydrogens (tertiary/aromatic N) is 2. The van der Waals surface area contributed by atoms with E-state index in [1.54, 1.807) is 24.3 Å². The SMILES string of the molecule is CC(C)(C)NC(=O)c1ccc(Nc2nc(N3CCCC3)c(F)cc2C(N)=O)cc1. The number of nitrogens with two attached hydrogens (primary N) is 1. The molecule has 4 N–H and O–H groups in total. The van der Waals surface area contributed by atoms with E-state index in [0.717, 1.165) is 32.0 Å². The molecule has 2 heterocycles. The molecule has 0 atom stereocenters. The van der Waals surface area contributed by atoms with Crippen LogP contribution in [0.25, 0.3) is 0 Å². The first-order chi connectivity index (χ1) is 13.6. The molecule has 154 valence electrons. The Labute approximate surface area is 169 Å². The van der Waals surface area contributed by atoms with Crippen LogP contribution in [0.1, 0.15) is 54.3 Å². The van der Waals surface area contributed by atoms with Gasteiger partial charge in [-0.1, -0.05) is 0 Å². The Morgan fingerprint density at radius 2 is 1.76 bits per heavy atom. The second-order valence-electron chi connectivity index (χ2n) is 8.15. The summed E-state index contributed by atoms with van der Waals surface area (Å²) in [5, 5.41) is 5.92. The zero-order valence-electron chi connectivity index (χ0n) is 16.9. The highest BCUT2D eigenvalue weighted by Gasteiger charge is 2.22. The minimum atomic E-state index is -0.770. The van der Waals surface area contributed by atoms with Crippen molar-refractivity contribution in [1.82, 2.24) is 10.3 Å². The van der Waals surface area contributed by atoms with E-state index in [-0.39, 0.29) is 28.6 Å². The zero-order valence-corrected chi connectivity index (χ0v) is 16.9. The Balaban J connectivity index is 1.85. The summed E-state index contributed by atoms with van der Waals surface area (Å²) in [4.78, 5) is 30.2. The van der Waals surface area contributed by atoms with Crippen LogP contribution in [-0.2, 0) is 0 Å². The maximum absolute atomic E-state index is 14.5. The van der Waals surface area contributed by atoms with E-state index >= 15 is 0 Å². The fraction of sp³-hybridized carbons (Fsp3) is 0.381. The van der Waals surface area contributed by atoms with Gasteiger partial charge in [0.15, 0.2) is 11.6 Å². The molecule has 1 saturated heterocycles. The summed E-state index contributed by atoms with van der Waals surface area (Å²) in [5.74, 6) is -1.13. The van der Waals surface area contributed by atoms with Crippen LogP contribution >= 0.6 is 0 Å². The molecular formula is C21H26FN5O2. The smallest absolute Gasteiger partial charge is 0.252 e. The van der Waals surface area contributed by atoms with Crippen molar-refractivity contribution >= 4 is 29.1 Å². The van der Waals surface area contributed by atoms with Gasteiger partial charge in [-0.05, 0) is 63.9 Å². The van der Waals surface area contributed by atoms with E-state index < -0.39 is 11.7 Å². The fourth-order valence-corrected chi connectivity index (χ4v) is 3.17. The summed E-state index contributed by atoms with van der Waals surface area (Å²) in [5.41, 5.74) is 6.15. The van der Waals surface area contributed by atoms with Crippen molar-refractivity contribution in [3.63, 3.8) is 0 Å². The summed E-state index contributed by atoms with van der Waals surface area (Å²) in [6, 6.07) is 7.85. The third-order valence-corrected chi connectivity index (χ3v) is 4.53. The van der Waals surface area contributed by atoms with Crippen molar-refractivity contribution in [2.24, 2.45) is 5.73 Å². The van der Waals surface area contributed by atoms with E-state index in [1.807, 2.05) is 25.7 Å². The third-order valence-electron chi connectivity index (χ3n) is 4.53. The number of benzene rings is 1. The van der Waals surface area contributed by atoms with Crippen molar-refractivity contribution in [2.75, 3.05) is 23.3 Å². The maximum Gasteiger partial charge on any atom is 0.252 e. The minimum Gasteiger partial charge on any atom is -0.365 e. The van der Waals surface area contributed by atoms with E-state index in [2.05, 4.69) is 15.6 Å². The topological polar surface area (TPSA) is 100 Å². The number of hydrogen-bond donors (Lipinski definition) is 3. The van der Waals surface area contributed by atoms with Gasteiger partial charge >= 0.3 is 0 Å². The number of carbonyl (C=O) groups is 2. The monoisotopic (exact) mass is 399 g/mol. The van der Waals surface area contributed by atoms with Gasteiger partial charge in [-0.2, -0.15) is 0 Å². The van der Waals surface area contributed by atoms with Crippen LogP contribution in [0.15, 0.2) is 30.3 Å². The van der Waals surface area contributed by atoms with Gasteiger partial charge in [-0.15, -0.1) is 0 Å². The Hall–Kier alpha value is -3.16. The molecule has 1 aromatic carbocycles. The number of anilines is 3. The molecule has 1 aliphatic rings. The quantitative estimate of drug-likeness (QED) is 0.717. The number of hydrogen-bond acceptors (Lipinski definition) is 5. The number of amides is 2. The lowest BCUT2D eigenvalue weighted by atomic mass is 10.1. The van der Waals surface area contributed by atoms with Crippen molar-refractivity contribution in [3.05, 3.63) is 47.3 Å². The van der Waals surface area contributed by atoms with Gasteiger partial charge < -0.3 is 21.3 Å². The first-order valence-electron chi connectivity index (χ1n) is 9.59. The zero-order chi connectivity index (χ0) is 21.2. The van der Waals surface area contributed by atoms with E-state index in [9.17, 15) is 14.0 Å². The van der Waals surface area contributed by atoms with Crippen molar-refractivity contribution in [3.8, 4) is 0 Å². The van der Waals surface area contributed by atoms with E-state index in [1.165, 1.54) is 0 Å². The molecule has 0 aliphatic carbocycles. The number of nitrogens with one attached hydrogen (secondary N) is 2. The summed E-state index contributed by atoms with van der Waals surface area (Å²) in [6.07, 6.45) is 1.94. The van der Waals surface area contributed by atoms with Crippen LogP contribution in [-0.4, -0.2) is 35.4 Å². The van der Waals surface area contributed by atoms with Crippen LogP contribution in [0.5, 0.6) is 0 Å². The molecule has 7 nitrogen and oxygen atoms in total. The second kappa shape index (κ2) is 8.06. The predicted octanol–water partition coefficient (Wildman–Crippen LogP) is 3.19. The number of pyridine rings is 1. The highest BCUT2D eigenvalue weighted by atomic mass is 19.1. The molecule has 0 spiro atoms. The third kappa shape index (κ3) is 5.01. The maximum atomic E-state index is 14.5. The van der Waals surface area contributed by atoms with Crippen LogP contribution in [0, 0.1) is 5.82 Å². The molecule has 2 aromatic rings. The van der Waals surface area contributed by atoms with E-state index in [4.69, 9.17) is 5.73 Å². The van der Waals surface area contributed by atoms with Gasteiger partial charge in [0.25, 0.3) is 11.8 Å². The number of aromatic nitrogens is 1. The Morgan fingerprint density at radius 1 is 1.14 bits per heavy atom. The largest absolute Gasteiger partial charge is 0.365 e. The summed E-state index contributed by atoms with van der Waals surface area (Å²) >= 11 is 0. The van der Waals surface area contributed by atoms with Gasteiger partial charge in [0, 0.05) is 29.9 Å². The lowest BCUT2D eigenvalue weighted by molar-refractivity contribution is 0.0918. The molecule has 3 rings (SSSR count). The Kier molecular flexibility index (Phi) is 5.72. The molecule has 1 aromatic heterocycles. The molecule has 0 unspecified atom stereocenters. The van der Waals surface area contributed by atoms with Crippen LogP contribution in [0.4, 0.5) is 21.7 Å². The average Bonchev–Trinajstić information content (AvgIpc) is 3.16. The van der Waals surface area contributed by atoms with Gasteiger partial charge in [0.05, 0.1) is 5.56 Å². The molecule has 0 bridgehead atoms. The average molecular weight is 399 g/mol. The van der Waals surface area contributed by atoms with Crippen molar-refractivity contribution in [1.29, 1.82) is 0 Å². The standard InChI is InChI=1S/C21H26FN5O2/c1-21(2,3)26-20(29)13-6-8-14(9-7-13)24-18-15(17(23)28)12-16(22)19(25-18)27-10-4-5-11-27/h6-9,12H,4-5,10-11H2,1-3H3,(H2,23,28)(H,24,25)(H,26,29). The molecule has 0 radical (unpaired) electrons. The lowest BCUT2D eigenvalue weighted by Gasteiger charge is -2.21. The first-order valence-corrected chi connectivity index (χ1v) is 9.59. The summed E-state index contributed by atoms with van der Waals surface area (Å²) in [7, 11) is 0. The van der Waals surface area contributed by atoms with Gasteiger partial charge in [-0.3, -0.25) is 9.59 Å². The minimum absolute atomic E-state index is 0.0278. The van der Waals surface area contributed by atoms with Gasteiger partial charge in [-0.25, -0.2) is 9.37 Å². The second-order valence-corrected chi connectivity index (χ2v) is 8.15. The van der Waals surface area contributed by atoms with Crippen LogP contribution in [0.3, 0.4) is 0 Å². The lowest BCUT2D eigenvalue weighted by Crippen LogP contribution is -2.40. The number of rotatable bonds is 5. The Morgan fingerprint density at radius 3 is 2.31 bits per heavy atom. The van der Waals surface area contributed by atoms with Crippen molar-refractivity contribution in [2.45, 2.75) is 39.2 Å². The van der Waals surface area contributed by atoms with Gasteiger partial charge in [0.1, 0.15) is 5.82 Å². The predicted molar refractivity (Wildman–Crippen MR) is 111 cm³/mol. The summed E-state index contributed by atoms with van der Waals surface area (Å²) < 4.78 is 14.5. The normalized spacial score (nSPS) is 14.0. The molecular weight excluding hydrogens is 373 g/mol. The number of halogens is 1. The molecule has 8 heteroatoms. The van der Waals surface area contributed by atoms with Crippen molar-refractivity contribution < 1.29 is 14.0 Å². The fourth-order valence-electron chi connectivity index (χ4n) is 3.17. The summed E-state index contributed by atoms with van der Waals surface area (Å²) in [6.45, 7) is 7.16. The number of carbonyl (C=O) groups excluding carboxylic acids is 2. The molecule has 1 fully saturated rings. The van der Waals surface area contributed by atoms with Crippen LogP contribution < -0.4 is 21.3 Å². The molecule has 2 amide bonds. The highest BCUT2D eigenvalue weighted by Crippen LogP contribution is 2.28. The van der Waals surface area contributed by atoms with Crippen LogP contribution in [0.2, 0.25) is 0 Å². The molecule has 0 saturated carbocycles. The van der Waals surface area contributed by atoms with E-state index in [0.29, 0.717) is 11.3 Å². The molecule has 29 heavy (non-hydrogen) atoms. The highest BCUT2D eigenvalue weighted by molar-refractivity contribution is 5.99. The van der Waals surface area contributed by atoms with Gasteiger partial charge in [0.2, 0.25) is 0 Å². The molecule has 1 aliphatic heterocycles. The number of primary amides is 1. The first kappa shape index (κ1) is 20.6.